The van der Waals surface area contributed by atoms with Crippen LogP contribution in [-0.2, 0) is 38.1 Å². The first kappa shape index (κ1) is 56.7. The van der Waals surface area contributed by atoms with Crippen LogP contribution < -0.4 is 10.6 Å². The molecule has 0 bridgehead atoms. The molecule has 0 radical (unpaired) electrons. The Morgan fingerprint density at radius 2 is 1.43 bits per heavy atom. The van der Waals surface area contributed by atoms with Crippen molar-refractivity contribution in [3.63, 3.8) is 0 Å². The third-order valence-electron chi connectivity index (χ3n) is 9.79. The minimum absolute atomic E-state index is 0.0403. The van der Waals surface area contributed by atoms with Gasteiger partial charge in [0.1, 0.15) is 6.29 Å². The van der Waals surface area contributed by atoms with Crippen molar-refractivity contribution >= 4 is 24.0 Å². The second kappa shape index (κ2) is 41.6. The van der Waals surface area contributed by atoms with Crippen LogP contribution in [0.3, 0.4) is 0 Å². The van der Waals surface area contributed by atoms with E-state index in [1.807, 2.05) is 61.6 Å². The number of hydrogen-bond donors (Lipinski definition) is 2. The summed E-state index contributed by atoms with van der Waals surface area (Å²) in [4.78, 5) is 42.5. The minimum Gasteiger partial charge on any atom is -0.478 e. The van der Waals surface area contributed by atoms with E-state index >= 15 is 0 Å². The molecule has 0 aromatic heterocycles. The zero-order valence-corrected chi connectivity index (χ0v) is 39.5. The lowest BCUT2D eigenvalue weighted by atomic mass is 9.99. The van der Waals surface area contributed by atoms with Crippen molar-refractivity contribution < 1.29 is 38.1 Å². The van der Waals surface area contributed by atoms with Crippen LogP contribution in [-0.4, -0.2) is 122 Å². The Morgan fingerprint density at radius 3 is 2.10 bits per heavy atom. The van der Waals surface area contributed by atoms with Crippen molar-refractivity contribution in [3.8, 4) is 0 Å². The number of carbonyl (C=O) groups is 3. The summed E-state index contributed by atoms with van der Waals surface area (Å²) < 4.78 is 27.8. The highest BCUT2D eigenvalue weighted by Gasteiger charge is 2.12. The van der Waals surface area contributed by atoms with E-state index in [1.54, 1.807) is 13.1 Å². The fourth-order valence-corrected chi connectivity index (χ4v) is 6.26. The quantitative estimate of drug-likeness (QED) is 0.0157. The molecule has 1 saturated heterocycles. The Morgan fingerprint density at radius 1 is 0.746 bits per heavy atom. The Kier molecular flexibility index (Phi) is 37.4. The molecule has 1 aliphatic rings. The number of nitrogens with one attached hydrogen (secondary N) is 2. The van der Waals surface area contributed by atoms with Crippen LogP contribution in [0.25, 0.3) is 0 Å². The van der Waals surface area contributed by atoms with Gasteiger partial charge in [0.05, 0.1) is 52.9 Å². The molecule has 2 N–H and O–H groups in total. The van der Waals surface area contributed by atoms with Crippen molar-refractivity contribution in [2.24, 2.45) is 10.9 Å². The summed E-state index contributed by atoms with van der Waals surface area (Å²) in [6.45, 7) is 15.7. The van der Waals surface area contributed by atoms with Crippen LogP contribution in [0.15, 0.2) is 101 Å². The van der Waals surface area contributed by atoms with Gasteiger partial charge in [0.25, 0.3) is 0 Å². The fourth-order valence-electron chi connectivity index (χ4n) is 6.26. The highest BCUT2D eigenvalue weighted by molar-refractivity contribution is 5.88. The van der Waals surface area contributed by atoms with Gasteiger partial charge in [0, 0.05) is 64.4 Å². The topological polar surface area (TPSA) is 137 Å². The Labute approximate surface area is 380 Å². The van der Waals surface area contributed by atoms with Crippen LogP contribution in [0, 0.1) is 5.92 Å². The molecule has 1 atom stereocenters. The summed E-state index contributed by atoms with van der Waals surface area (Å²) in [6.07, 6.45) is 37.7. The predicted molar refractivity (Wildman–Crippen MR) is 258 cm³/mol. The average molecular weight is 879 g/mol. The van der Waals surface area contributed by atoms with Gasteiger partial charge < -0.3 is 44.0 Å². The molecule has 354 valence electrons. The van der Waals surface area contributed by atoms with E-state index in [0.717, 1.165) is 69.2 Å². The molecule has 0 spiro atoms. The van der Waals surface area contributed by atoms with Gasteiger partial charge in [-0.05, 0) is 81.1 Å². The Balaban J connectivity index is 2.55. The summed E-state index contributed by atoms with van der Waals surface area (Å²) in [5.41, 5.74) is 3.21. The number of hydrogen-bond acceptors (Lipinski definition) is 10. The number of aldehydes is 1. The molecule has 0 aliphatic carbocycles. The van der Waals surface area contributed by atoms with Crippen LogP contribution in [0.5, 0.6) is 0 Å². The molecule has 1 unspecified atom stereocenters. The van der Waals surface area contributed by atoms with E-state index in [-0.39, 0.29) is 24.2 Å². The molecule has 0 aromatic carbocycles. The van der Waals surface area contributed by atoms with Gasteiger partial charge >= 0.3 is 0 Å². The number of likely N-dealkylation sites (tertiary alicyclic amines) is 1. The van der Waals surface area contributed by atoms with Gasteiger partial charge in [0.15, 0.2) is 0 Å². The standard InChI is InChI=1S/C51H82N4O8/c1-6-9-11-15-38-63-51(52-5)30-25-45(4)47(20-8-3)23-16-31-53-50(58)29-27-48(55-33-13-12-14-34-55)24-17-32-54-49(57)28-26-46(21-10-7-2)22-18-36-59-39-41-61-43-44-62-42-40-60-37-19-35-56/h7,10,16-17,20-21,23-28,30,35,45H,6,8-9,11-15,18-19,22,29,31-34,36-44H2,1-5H3,(H,53,58)(H,54,57)/b10-7-,23-16-,24-17-,28-26+,30-25-,46-21-,47-20+,48-27+,52-51?. The van der Waals surface area contributed by atoms with Crippen LogP contribution >= 0.6 is 0 Å². The zero-order chi connectivity index (χ0) is 45.9. The monoisotopic (exact) mass is 879 g/mol. The molecule has 1 heterocycles. The van der Waals surface area contributed by atoms with E-state index in [2.05, 4.69) is 59.5 Å². The van der Waals surface area contributed by atoms with Crippen molar-refractivity contribution in [1.29, 1.82) is 0 Å². The largest absolute Gasteiger partial charge is 0.478 e. The molecule has 1 rings (SSSR count). The number of carbonyl (C=O) groups excluding carboxylic acids is 3. The highest BCUT2D eigenvalue weighted by atomic mass is 16.6. The molecule has 0 aromatic rings. The van der Waals surface area contributed by atoms with E-state index in [1.165, 1.54) is 31.3 Å². The van der Waals surface area contributed by atoms with Gasteiger partial charge in [-0.2, -0.15) is 0 Å². The number of piperidine rings is 1. The lowest BCUT2D eigenvalue weighted by molar-refractivity contribution is -0.120. The summed E-state index contributed by atoms with van der Waals surface area (Å²) in [5.74, 6) is 0.608. The molecular weight excluding hydrogens is 797 g/mol. The summed E-state index contributed by atoms with van der Waals surface area (Å²) >= 11 is 0. The molecule has 63 heavy (non-hydrogen) atoms. The van der Waals surface area contributed by atoms with Crippen molar-refractivity contribution in [1.82, 2.24) is 15.5 Å². The van der Waals surface area contributed by atoms with E-state index < -0.39 is 0 Å². The second-order valence-electron chi connectivity index (χ2n) is 15.1. The fraction of sp³-hybridized carbons (Fsp3) is 0.608. The Bertz CT molecular complexity index is 1490. The van der Waals surface area contributed by atoms with Gasteiger partial charge in [-0.1, -0.05) is 101 Å². The van der Waals surface area contributed by atoms with Crippen LogP contribution in [0.4, 0.5) is 0 Å². The maximum Gasteiger partial charge on any atom is 0.244 e. The zero-order valence-electron chi connectivity index (χ0n) is 39.5. The average Bonchev–Trinajstić information content (AvgIpc) is 3.30. The lowest BCUT2D eigenvalue weighted by Crippen LogP contribution is -2.29. The number of rotatable bonds is 37. The van der Waals surface area contributed by atoms with Crippen molar-refractivity contribution in [2.75, 3.05) is 92.7 Å². The maximum atomic E-state index is 12.9. The normalized spacial score (nSPS) is 15.2. The van der Waals surface area contributed by atoms with E-state index in [0.29, 0.717) is 84.9 Å². The molecule has 1 fully saturated rings. The number of aliphatic imine (C=N–C) groups is 1. The van der Waals surface area contributed by atoms with E-state index in [9.17, 15) is 14.4 Å². The van der Waals surface area contributed by atoms with Gasteiger partial charge in [-0.25, -0.2) is 0 Å². The molecular formula is C51H82N4O8. The lowest BCUT2D eigenvalue weighted by Gasteiger charge is -2.29. The third-order valence-corrected chi connectivity index (χ3v) is 9.79. The van der Waals surface area contributed by atoms with Crippen molar-refractivity contribution in [2.45, 2.75) is 105 Å². The number of nitrogens with zero attached hydrogens (tertiary/aromatic N) is 2. The van der Waals surface area contributed by atoms with Crippen LogP contribution in [0.2, 0.25) is 0 Å². The van der Waals surface area contributed by atoms with Gasteiger partial charge in [-0.15, -0.1) is 0 Å². The first-order chi connectivity index (χ1) is 30.9. The number of unbranched alkanes of at least 4 members (excludes halogenated alkanes) is 3. The smallest absolute Gasteiger partial charge is 0.244 e. The molecule has 1 aliphatic heterocycles. The van der Waals surface area contributed by atoms with Crippen LogP contribution in [0.1, 0.15) is 105 Å². The summed E-state index contributed by atoms with van der Waals surface area (Å²) in [7, 11) is 1.76. The number of amides is 2. The third kappa shape index (κ3) is 32.9. The summed E-state index contributed by atoms with van der Waals surface area (Å²) in [6, 6.07) is 0. The molecule has 12 heteroatoms. The first-order valence-electron chi connectivity index (χ1n) is 23.4. The highest BCUT2D eigenvalue weighted by Crippen LogP contribution is 2.17. The molecule has 2 amide bonds. The SMILES string of the molecule is C\C=C/C=C(\C=C\C(=O)NC/C=C\C(=C/CC(=O)NC/C=C\C(=C/CC)C(C)/C=C\C(=NC)OCCCCCC)N1CCCCC1)CCCOCCOCCOCCOCCC=O. The van der Waals surface area contributed by atoms with E-state index in [4.69, 9.17) is 23.7 Å². The van der Waals surface area contributed by atoms with Gasteiger partial charge in [-0.3, -0.25) is 14.6 Å². The number of ether oxygens (including phenoxy) is 5. The second-order valence-corrected chi connectivity index (χ2v) is 15.1. The maximum absolute atomic E-state index is 12.9. The van der Waals surface area contributed by atoms with Gasteiger partial charge in [0.2, 0.25) is 17.7 Å². The number of allylic oxidation sites excluding steroid dienone is 10. The summed E-state index contributed by atoms with van der Waals surface area (Å²) in [5, 5.41) is 5.99. The minimum atomic E-state index is -0.172. The first-order valence-corrected chi connectivity index (χ1v) is 23.4. The van der Waals surface area contributed by atoms with Crippen molar-refractivity contribution in [3.05, 3.63) is 95.8 Å². The molecule has 12 nitrogen and oxygen atoms in total. The molecule has 0 saturated carbocycles. The predicted octanol–water partition coefficient (Wildman–Crippen LogP) is 8.74. The Hall–Kier alpha value is -4.36.